The number of nitrogens with two attached hydrogens (primary N) is 1. The molecule has 0 heterocycles. The second-order valence-electron chi connectivity index (χ2n) is 3.10. The summed E-state index contributed by atoms with van der Waals surface area (Å²) in [7, 11) is 0. The number of carboxylic acid groups (broad SMARTS) is 1. The Morgan fingerprint density at radius 2 is 2.21 bits per heavy atom. The van der Waals surface area contributed by atoms with Gasteiger partial charge >= 0.3 is 5.97 Å². The zero-order valence-corrected chi connectivity index (χ0v) is 7.68. The van der Waals surface area contributed by atoms with E-state index < -0.39 is 12.0 Å². The molecule has 0 saturated heterocycles. The van der Waals surface area contributed by atoms with E-state index in [1.165, 1.54) is 0 Å². The van der Waals surface area contributed by atoms with Crippen molar-refractivity contribution in [1.82, 2.24) is 0 Å². The smallest absolute Gasteiger partial charge is 0.307 e. The predicted octanol–water partition coefficient (Wildman–Crippen LogP) is 0.306. The molecule has 0 spiro atoms. The number of carboxylic acids is 1. The molecule has 76 valence electrons. The minimum atomic E-state index is -0.875. The van der Waals surface area contributed by atoms with Crippen LogP contribution in [0.25, 0.3) is 0 Å². The van der Waals surface area contributed by atoms with Crippen LogP contribution in [0.4, 0.5) is 0 Å². The lowest BCUT2D eigenvalue weighted by Crippen LogP contribution is -2.14. The molecule has 0 aliphatic heterocycles. The van der Waals surface area contributed by atoms with Crippen LogP contribution in [0.1, 0.15) is 17.2 Å². The van der Waals surface area contributed by atoms with Gasteiger partial charge in [0, 0.05) is 0 Å². The molecule has 1 atom stereocenters. The van der Waals surface area contributed by atoms with Gasteiger partial charge in [-0.25, -0.2) is 0 Å². The molecule has 14 heavy (non-hydrogen) atoms. The Morgan fingerprint density at radius 3 is 2.79 bits per heavy atom. The van der Waals surface area contributed by atoms with Crippen molar-refractivity contribution in [1.29, 1.82) is 0 Å². The van der Waals surface area contributed by atoms with E-state index in [-0.39, 0.29) is 13.0 Å². The zero-order valence-electron chi connectivity index (χ0n) is 7.68. The Morgan fingerprint density at radius 1 is 1.50 bits per heavy atom. The van der Waals surface area contributed by atoms with Crippen LogP contribution in [0, 0.1) is 0 Å². The highest BCUT2D eigenvalue weighted by atomic mass is 16.4. The standard InChI is InChI=1S/C10H13NO3/c11-9(6-12)8-3-1-2-7(4-8)5-10(13)14/h1-4,9,12H,5-6,11H2,(H,13,14)/t9-/m1/s1. The van der Waals surface area contributed by atoms with Crippen molar-refractivity contribution in [2.45, 2.75) is 12.5 Å². The molecule has 0 fully saturated rings. The van der Waals surface area contributed by atoms with E-state index in [9.17, 15) is 4.79 Å². The first-order chi connectivity index (χ1) is 6.63. The third-order valence-corrected chi connectivity index (χ3v) is 1.93. The van der Waals surface area contributed by atoms with Crippen LogP contribution in [-0.4, -0.2) is 22.8 Å². The van der Waals surface area contributed by atoms with Gasteiger partial charge in [-0.05, 0) is 11.1 Å². The second kappa shape index (κ2) is 4.74. The summed E-state index contributed by atoms with van der Waals surface area (Å²) in [6.45, 7) is -0.142. The van der Waals surface area contributed by atoms with Crippen LogP contribution in [0.15, 0.2) is 24.3 Å². The summed E-state index contributed by atoms with van der Waals surface area (Å²) < 4.78 is 0. The maximum Gasteiger partial charge on any atom is 0.307 e. The van der Waals surface area contributed by atoms with Crippen molar-refractivity contribution in [3.8, 4) is 0 Å². The molecule has 0 amide bonds. The quantitative estimate of drug-likeness (QED) is 0.645. The molecule has 0 radical (unpaired) electrons. The van der Waals surface area contributed by atoms with Crippen molar-refractivity contribution >= 4 is 5.97 Å². The van der Waals surface area contributed by atoms with Gasteiger partial charge in [-0.3, -0.25) is 4.79 Å². The van der Waals surface area contributed by atoms with E-state index in [0.29, 0.717) is 5.56 Å². The monoisotopic (exact) mass is 195 g/mol. The molecule has 0 aromatic heterocycles. The summed E-state index contributed by atoms with van der Waals surface area (Å²) >= 11 is 0. The minimum Gasteiger partial charge on any atom is -0.481 e. The highest BCUT2D eigenvalue weighted by Crippen LogP contribution is 2.12. The van der Waals surface area contributed by atoms with E-state index in [0.717, 1.165) is 5.56 Å². The summed E-state index contributed by atoms with van der Waals surface area (Å²) in [4.78, 5) is 10.4. The van der Waals surface area contributed by atoms with Crippen LogP contribution in [0.3, 0.4) is 0 Å². The highest BCUT2D eigenvalue weighted by Gasteiger charge is 2.06. The van der Waals surface area contributed by atoms with Crippen molar-refractivity contribution in [3.05, 3.63) is 35.4 Å². The zero-order chi connectivity index (χ0) is 10.6. The summed E-state index contributed by atoms with van der Waals surface area (Å²) in [6, 6.07) is 6.50. The van der Waals surface area contributed by atoms with Gasteiger partial charge in [0.25, 0.3) is 0 Å². The molecule has 0 bridgehead atoms. The number of aliphatic hydroxyl groups excluding tert-OH is 1. The van der Waals surface area contributed by atoms with E-state index in [1.807, 2.05) is 0 Å². The molecule has 4 heteroatoms. The lowest BCUT2D eigenvalue weighted by Gasteiger charge is -2.09. The Labute approximate surface area is 82.0 Å². The fourth-order valence-corrected chi connectivity index (χ4v) is 1.21. The number of aliphatic carboxylic acids is 1. The molecular formula is C10H13NO3. The van der Waals surface area contributed by atoms with Crippen LogP contribution in [-0.2, 0) is 11.2 Å². The summed E-state index contributed by atoms with van der Waals surface area (Å²) in [6.07, 6.45) is -0.0218. The second-order valence-corrected chi connectivity index (χ2v) is 3.10. The molecule has 1 aromatic carbocycles. The summed E-state index contributed by atoms with van der Waals surface area (Å²) in [5.41, 5.74) is 7.05. The normalized spacial score (nSPS) is 12.4. The Bertz CT molecular complexity index is 325. The average molecular weight is 195 g/mol. The Kier molecular flexibility index (Phi) is 3.62. The van der Waals surface area contributed by atoms with Crippen LogP contribution < -0.4 is 5.73 Å². The fourth-order valence-electron chi connectivity index (χ4n) is 1.21. The van der Waals surface area contributed by atoms with Crippen molar-refractivity contribution in [2.75, 3.05) is 6.61 Å². The van der Waals surface area contributed by atoms with E-state index in [2.05, 4.69) is 0 Å². The van der Waals surface area contributed by atoms with Gasteiger partial charge < -0.3 is 15.9 Å². The third kappa shape index (κ3) is 2.83. The van der Waals surface area contributed by atoms with Crippen molar-refractivity contribution in [3.63, 3.8) is 0 Å². The molecule has 1 rings (SSSR count). The molecule has 4 N–H and O–H groups in total. The highest BCUT2D eigenvalue weighted by molar-refractivity contribution is 5.70. The van der Waals surface area contributed by atoms with Gasteiger partial charge in [-0.15, -0.1) is 0 Å². The van der Waals surface area contributed by atoms with Gasteiger partial charge in [0.05, 0.1) is 19.1 Å². The first-order valence-electron chi connectivity index (χ1n) is 4.30. The largest absolute Gasteiger partial charge is 0.481 e. The lowest BCUT2D eigenvalue weighted by molar-refractivity contribution is -0.136. The minimum absolute atomic E-state index is 0.0218. The van der Waals surface area contributed by atoms with Crippen LogP contribution in [0.2, 0.25) is 0 Å². The summed E-state index contributed by atoms with van der Waals surface area (Å²) in [5, 5.41) is 17.4. The molecule has 0 aliphatic carbocycles. The van der Waals surface area contributed by atoms with Crippen molar-refractivity contribution < 1.29 is 15.0 Å². The number of benzene rings is 1. The topological polar surface area (TPSA) is 83.5 Å². The Balaban J connectivity index is 2.83. The molecule has 0 unspecified atom stereocenters. The molecule has 1 aromatic rings. The van der Waals surface area contributed by atoms with Gasteiger partial charge in [0.2, 0.25) is 0 Å². The van der Waals surface area contributed by atoms with Gasteiger partial charge in [-0.1, -0.05) is 24.3 Å². The van der Waals surface area contributed by atoms with Crippen molar-refractivity contribution in [2.24, 2.45) is 5.73 Å². The van der Waals surface area contributed by atoms with Gasteiger partial charge in [0.15, 0.2) is 0 Å². The molecule has 4 nitrogen and oxygen atoms in total. The maximum atomic E-state index is 10.4. The van der Waals surface area contributed by atoms with Gasteiger partial charge in [0.1, 0.15) is 0 Å². The predicted molar refractivity (Wildman–Crippen MR) is 51.8 cm³/mol. The number of hydrogen-bond acceptors (Lipinski definition) is 3. The SMILES string of the molecule is N[C@H](CO)c1cccc(CC(=O)O)c1. The van der Waals surface area contributed by atoms with Gasteiger partial charge in [-0.2, -0.15) is 0 Å². The molecule has 0 aliphatic rings. The third-order valence-electron chi connectivity index (χ3n) is 1.93. The van der Waals surface area contributed by atoms with E-state index in [4.69, 9.17) is 15.9 Å². The maximum absolute atomic E-state index is 10.4. The average Bonchev–Trinajstić information content (AvgIpc) is 2.16. The van der Waals surface area contributed by atoms with E-state index >= 15 is 0 Å². The first kappa shape index (κ1) is 10.7. The number of carbonyl (C=O) groups is 1. The van der Waals surface area contributed by atoms with E-state index in [1.54, 1.807) is 24.3 Å². The fraction of sp³-hybridized carbons (Fsp3) is 0.300. The number of rotatable bonds is 4. The Hall–Kier alpha value is -1.39. The van der Waals surface area contributed by atoms with Crippen LogP contribution >= 0.6 is 0 Å². The molecular weight excluding hydrogens is 182 g/mol. The number of aliphatic hydroxyl groups is 1. The lowest BCUT2D eigenvalue weighted by atomic mass is 10.0. The first-order valence-corrected chi connectivity index (χ1v) is 4.30. The summed E-state index contributed by atoms with van der Waals surface area (Å²) in [5.74, 6) is -0.875. The number of hydrogen-bond donors (Lipinski definition) is 3. The van der Waals surface area contributed by atoms with Crippen LogP contribution in [0.5, 0.6) is 0 Å². The molecule has 0 saturated carbocycles.